The van der Waals surface area contributed by atoms with Crippen molar-refractivity contribution in [3.05, 3.63) is 245 Å². The fourth-order valence-electron chi connectivity index (χ4n) is 9.36. The quantitative estimate of drug-likeness (QED) is 0.0565. The second-order valence-electron chi connectivity index (χ2n) is 18.6. The maximum Gasteiger partial charge on any atom is 0.187 e. The number of aliphatic hydroxyl groups is 2. The minimum Gasteiger partial charge on any atom is -0.497 e. The molecular formula is C62H66O12. The summed E-state index contributed by atoms with van der Waals surface area (Å²) in [6.45, 7) is 1.27. The first-order chi connectivity index (χ1) is 36.5. The Labute approximate surface area is 434 Å². The third-order valence-corrected chi connectivity index (χ3v) is 13.3. The molecule has 1 saturated carbocycles. The van der Waals surface area contributed by atoms with Crippen molar-refractivity contribution < 1.29 is 57.6 Å². The Hall–Kier alpha value is -6.10. The molecule has 12 heteroatoms. The third kappa shape index (κ3) is 14.6. The van der Waals surface area contributed by atoms with E-state index in [0.717, 1.165) is 38.9 Å². The Morgan fingerprint density at radius 3 is 1.04 bits per heavy atom. The molecule has 1 aliphatic carbocycles. The van der Waals surface area contributed by atoms with Gasteiger partial charge in [-0.2, -0.15) is 0 Å². The van der Waals surface area contributed by atoms with E-state index >= 15 is 0 Å². The van der Waals surface area contributed by atoms with Crippen LogP contribution in [-0.4, -0.2) is 91.3 Å². The van der Waals surface area contributed by atoms with E-state index in [4.69, 9.17) is 47.4 Å². The first-order valence-electron chi connectivity index (χ1n) is 25.3. The minimum absolute atomic E-state index is 0.0585. The van der Waals surface area contributed by atoms with Gasteiger partial charge in [0.1, 0.15) is 66.8 Å². The van der Waals surface area contributed by atoms with Gasteiger partial charge in [-0.15, -0.1) is 0 Å². The number of benzene rings is 7. The van der Waals surface area contributed by atoms with Crippen LogP contribution in [0, 0.1) is 0 Å². The highest BCUT2D eigenvalue weighted by atomic mass is 16.7. The summed E-state index contributed by atoms with van der Waals surface area (Å²) in [6, 6.07) is 66.4. The molecule has 0 aromatic heterocycles. The zero-order valence-corrected chi connectivity index (χ0v) is 41.6. The summed E-state index contributed by atoms with van der Waals surface area (Å²) in [5, 5.41) is 25.7. The molecule has 1 heterocycles. The van der Waals surface area contributed by atoms with Crippen LogP contribution >= 0.6 is 0 Å². The van der Waals surface area contributed by atoms with E-state index in [1.807, 2.05) is 206 Å². The van der Waals surface area contributed by atoms with Gasteiger partial charge in [-0.3, -0.25) is 0 Å². The van der Waals surface area contributed by atoms with Crippen LogP contribution in [0.25, 0.3) is 0 Å². The predicted octanol–water partition coefficient (Wildman–Crippen LogP) is 9.57. The van der Waals surface area contributed by atoms with Gasteiger partial charge in [0.15, 0.2) is 6.29 Å². The summed E-state index contributed by atoms with van der Waals surface area (Å²) in [4.78, 5) is 0. The van der Waals surface area contributed by atoms with Crippen molar-refractivity contribution in [2.45, 2.75) is 114 Å². The molecule has 0 radical (unpaired) electrons. The zero-order chi connectivity index (χ0) is 50.7. The lowest BCUT2D eigenvalue weighted by atomic mass is 9.83. The molecule has 0 amide bonds. The monoisotopic (exact) mass is 1000 g/mol. The van der Waals surface area contributed by atoms with Crippen LogP contribution in [0.5, 0.6) is 5.75 Å². The molecule has 9 rings (SSSR count). The van der Waals surface area contributed by atoms with Crippen LogP contribution in [0.2, 0.25) is 0 Å². The van der Waals surface area contributed by atoms with Gasteiger partial charge in [0.05, 0.1) is 60.0 Å². The SMILES string of the molecule is COc1ccc(CO[C@@H]2[C@@H](O)[C@H](OCc3ccccc3)[C@@H](OCc3ccccc3)[C@H](OCc3ccccc3)[C@@H]2O[C@H]2O[C@H](COCc3ccccc3)[C@@H](OCc3ccccc3)[C@H](OCc3ccccc3)[C@@H]2O)cc1. The van der Waals surface area contributed by atoms with Crippen LogP contribution in [0.1, 0.15) is 38.9 Å². The van der Waals surface area contributed by atoms with Crippen molar-refractivity contribution in [1.29, 1.82) is 0 Å². The Balaban J connectivity index is 1.10. The molecule has 0 unspecified atom stereocenters. The number of hydrogen-bond donors (Lipinski definition) is 2. The van der Waals surface area contributed by atoms with Gasteiger partial charge < -0.3 is 57.6 Å². The van der Waals surface area contributed by atoms with Crippen molar-refractivity contribution in [2.75, 3.05) is 13.7 Å². The van der Waals surface area contributed by atoms with Crippen molar-refractivity contribution in [3.8, 4) is 5.75 Å². The number of ether oxygens (including phenoxy) is 10. The van der Waals surface area contributed by atoms with Gasteiger partial charge in [-0.25, -0.2) is 0 Å². The summed E-state index contributed by atoms with van der Waals surface area (Å²) in [5.74, 6) is 0.690. The summed E-state index contributed by atoms with van der Waals surface area (Å²) in [7, 11) is 1.61. The fourth-order valence-corrected chi connectivity index (χ4v) is 9.36. The lowest BCUT2D eigenvalue weighted by molar-refractivity contribution is -0.358. The average molecular weight is 1000 g/mol. The molecule has 7 aromatic rings. The summed E-state index contributed by atoms with van der Waals surface area (Å²) >= 11 is 0. The van der Waals surface area contributed by atoms with Gasteiger partial charge in [0.2, 0.25) is 0 Å². The molecule has 2 aliphatic rings. The van der Waals surface area contributed by atoms with Crippen molar-refractivity contribution in [1.82, 2.24) is 0 Å². The molecule has 1 aliphatic heterocycles. The highest BCUT2D eigenvalue weighted by Gasteiger charge is 2.57. The van der Waals surface area contributed by atoms with E-state index in [1.165, 1.54) is 0 Å². The summed E-state index contributed by atoms with van der Waals surface area (Å²) in [5.41, 5.74) is 6.34. The standard InChI is InChI=1S/C62H66O12/c1-65-51-34-32-50(33-35-51)42-69-57-53(63)56(68-38-46-24-12-4-13-25-46)59(71-40-48-28-16-6-17-29-48)60(72-41-49-30-18-7-19-31-49)61(57)74-62-54(64)58(70-39-47-26-14-5-15-27-47)55(67-37-45-22-10-3-11-23-45)52(73-62)43-66-36-44-20-8-2-9-21-44/h2-35,52-64H,36-43H2,1H3/t52-,53+,54+,55-,56+,57-,58-,59-,60+,61-,62-/m1/s1. The second-order valence-corrected chi connectivity index (χ2v) is 18.6. The van der Waals surface area contributed by atoms with Gasteiger partial charge in [-0.1, -0.05) is 194 Å². The molecular weight excluding hydrogens is 937 g/mol. The topological polar surface area (TPSA) is 133 Å². The Morgan fingerprint density at radius 1 is 0.338 bits per heavy atom. The van der Waals surface area contributed by atoms with Crippen LogP contribution < -0.4 is 4.74 Å². The van der Waals surface area contributed by atoms with Crippen LogP contribution in [0.4, 0.5) is 0 Å². The average Bonchev–Trinajstić information content (AvgIpc) is 3.46. The molecule has 0 spiro atoms. The maximum absolute atomic E-state index is 12.9. The normalized spacial score (nSPS) is 24.8. The van der Waals surface area contributed by atoms with Crippen molar-refractivity contribution in [3.63, 3.8) is 0 Å². The number of rotatable bonds is 25. The molecule has 0 bridgehead atoms. The van der Waals surface area contributed by atoms with E-state index in [-0.39, 0.29) is 46.2 Å². The minimum atomic E-state index is -1.44. The highest BCUT2D eigenvalue weighted by Crippen LogP contribution is 2.38. The van der Waals surface area contributed by atoms with Gasteiger partial charge in [0, 0.05) is 0 Å². The Bertz CT molecular complexity index is 2630. The van der Waals surface area contributed by atoms with E-state index in [0.29, 0.717) is 12.4 Å². The van der Waals surface area contributed by atoms with Crippen LogP contribution in [0.15, 0.2) is 206 Å². The second kappa shape index (κ2) is 27.4. The predicted molar refractivity (Wildman–Crippen MR) is 278 cm³/mol. The summed E-state index contributed by atoms with van der Waals surface area (Å²) in [6.07, 6.45) is -12.0. The summed E-state index contributed by atoms with van der Waals surface area (Å²) < 4.78 is 67.0. The number of aliphatic hydroxyl groups excluding tert-OH is 2. The van der Waals surface area contributed by atoms with Gasteiger partial charge in [0.25, 0.3) is 0 Å². The largest absolute Gasteiger partial charge is 0.497 e. The van der Waals surface area contributed by atoms with Crippen molar-refractivity contribution in [2.24, 2.45) is 0 Å². The third-order valence-electron chi connectivity index (χ3n) is 13.3. The van der Waals surface area contributed by atoms with E-state index < -0.39 is 67.3 Å². The smallest absolute Gasteiger partial charge is 0.187 e. The first-order valence-corrected chi connectivity index (χ1v) is 25.3. The van der Waals surface area contributed by atoms with E-state index in [2.05, 4.69) is 0 Å². The lowest BCUT2D eigenvalue weighted by Gasteiger charge is -2.51. The maximum atomic E-state index is 12.9. The van der Waals surface area contributed by atoms with Crippen molar-refractivity contribution >= 4 is 0 Å². The molecule has 1 saturated heterocycles. The molecule has 386 valence electrons. The molecule has 11 atom stereocenters. The van der Waals surface area contributed by atoms with Crippen LogP contribution in [-0.2, 0) is 88.9 Å². The van der Waals surface area contributed by atoms with Crippen LogP contribution in [0.3, 0.4) is 0 Å². The Morgan fingerprint density at radius 2 is 0.649 bits per heavy atom. The molecule has 2 fully saturated rings. The van der Waals surface area contributed by atoms with Gasteiger partial charge >= 0.3 is 0 Å². The number of hydrogen-bond acceptors (Lipinski definition) is 12. The molecule has 74 heavy (non-hydrogen) atoms. The molecule has 7 aromatic carbocycles. The lowest BCUT2D eigenvalue weighted by Crippen LogP contribution is -2.69. The fraction of sp³-hybridized carbons (Fsp3) is 0.323. The molecule has 2 N–H and O–H groups in total. The zero-order valence-electron chi connectivity index (χ0n) is 41.6. The number of methoxy groups -OCH3 is 1. The first kappa shape index (κ1) is 52.8. The molecule has 12 nitrogen and oxygen atoms in total. The van der Waals surface area contributed by atoms with E-state index in [9.17, 15) is 10.2 Å². The van der Waals surface area contributed by atoms with Gasteiger partial charge in [-0.05, 0) is 51.1 Å². The highest BCUT2D eigenvalue weighted by molar-refractivity contribution is 5.27. The van der Waals surface area contributed by atoms with E-state index in [1.54, 1.807) is 7.11 Å². The Kier molecular flexibility index (Phi) is 19.6.